The molecule has 134 heavy (non-hydrogen) atoms. The van der Waals surface area contributed by atoms with Crippen molar-refractivity contribution in [2.45, 2.75) is 130 Å². The molecule has 706 valence electrons. The molecule has 1 aromatic heterocycles. The minimum absolute atomic E-state index is 0. The number of nitrogens with one attached hydrogen (secondary N) is 5. The highest BCUT2D eigenvalue weighted by atomic mass is 32.2. The number of hydrogen-bond acceptors (Lipinski definition) is 20. The Kier molecular flexibility index (Phi) is 37.9. The molecular formula is C106H124N10O16S2. The van der Waals surface area contributed by atoms with Gasteiger partial charge in [-0.05, 0) is 223 Å². The lowest BCUT2D eigenvalue weighted by atomic mass is 9.90. The molecule has 0 saturated carbocycles. The Labute approximate surface area is 787 Å². The number of morpholine rings is 2. The van der Waals surface area contributed by atoms with E-state index < -0.39 is 37.5 Å². The standard InChI is InChI=1S/C29H33NO2.C26H26N2O5.C25H26N4O4S.C24H31N3O5S.2CH4/c1-22-8-13-29(32-2)27(18-22)20-28(31)26-11-9-25(10-12-26)21-30-16-14-24(15-17-30)19-23-6-4-3-5-7-23;1-16(2)18-8-11-20(12-9-18)33-15-24(29)27-22-13-10-19(14-17(22)3)25(30)28-23-7-5-4-6-21(23)26(31)32;1-16-11-12-17(13-22(16)34(32,33)29-25(2,3)15-30)23-20-9-4-5-10-21(20)24(28-27-23)26-18-7-6-8-19(31)14-18;28-24(25-22-6-2-1-3-7-22)21-9-8-20(5-4-10-26-11-15-31-16-12-26)23(19-21)33(29,30)27-13-17-32-18-14-27;;/h3-13,18,24H,14-17,19-21H2,1-2H3;4-14,16H,15H2,1-3H3,(H,27,29)(H,28,30)(H,31,32);4-14,29-31H,15H2,1-3H3,(H,26,28);1-3,6-9,19H,4-5,10-18H2,(H,25,28);2*1H4. The van der Waals surface area contributed by atoms with Crippen molar-refractivity contribution in [1.29, 1.82) is 0 Å². The highest BCUT2D eigenvalue weighted by Crippen LogP contribution is 2.36. The molecule has 8 N–H and O–H groups in total. The van der Waals surface area contributed by atoms with Crippen LogP contribution in [0.5, 0.6) is 17.2 Å². The number of phenolic OH excluding ortho intramolecular Hbond substituents is 1. The molecule has 0 aliphatic carbocycles. The molecule has 3 saturated heterocycles. The minimum Gasteiger partial charge on any atom is -0.508 e. The molecule has 3 aliphatic heterocycles. The van der Waals surface area contributed by atoms with Crippen molar-refractivity contribution >= 4 is 88.9 Å². The first-order valence-corrected chi connectivity index (χ1v) is 47.1. The maximum atomic E-state index is 13.5. The number of aliphatic hydroxyl groups excluding tert-OH is 1. The number of carboxylic acid groups (broad SMARTS) is 1. The fraction of sp³-hybridized carbons (Fsp3) is 0.311. The largest absolute Gasteiger partial charge is 0.508 e. The summed E-state index contributed by atoms with van der Waals surface area (Å²) in [4.78, 5) is 67.1. The summed E-state index contributed by atoms with van der Waals surface area (Å²) < 4.78 is 78.9. The number of aliphatic hydroxyl groups is 1. The van der Waals surface area contributed by atoms with Gasteiger partial charge < -0.3 is 55.5 Å². The van der Waals surface area contributed by atoms with Gasteiger partial charge in [-0.3, -0.25) is 29.0 Å². The van der Waals surface area contributed by atoms with Crippen molar-refractivity contribution < 1.29 is 75.1 Å². The van der Waals surface area contributed by atoms with E-state index in [1.165, 1.54) is 58.5 Å². The minimum atomic E-state index is -3.89. The number of Topliss-reactive ketones (excluding diaryl/α,β-unsaturated/α-hetero) is 1. The van der Waals surface area contributed by atoms with E-state index in [0.717, 1.165) is 104 Å². The van der Waals surface area contributed by atoms with E-state index in [0.29, 0.717) is 107 Å². The number of methoxy groups -OCH3 is 1. The molecule has 0 unspecified atom stereocenters. The average molecular weight is 1860 g/mol. The van der Waals surface area contributed by atoms with Crippen molar-refractivity contribution in [3.63, 3.8) is 0 Å². The van der Waals surface area contributed by atoms with Crippen LogP contribution in [-0.4, -0.2) is 184 Å². The number of carboxylic acids is 1. The first-order valence-electron chi connectivity index (χ1n) is 44.2. The third kappa shape index (κ3) is 29.3. The fourth-order valence-electron chi connectivity index (χ4n) is 15.6. The van der Waals surface area contributed by atoms with Gasteiger partial charge in [0.25, 0.3) is 17.7 Å². The number of anilines is 5. The molecule has 3 aliphatic rings. The lowest BCUT2D eigenvalue weighted by Crippen LogP contribution is -2.46. The second-order valence-corrected chi connectivity index (χ2v) is 37.4. The highest BCUT2D eigenvalue weighted by Gasteiger charge is 2.32. The molecule has 4 heterocycles. The second-order valence-electron chi connectivity index (χ2n) is 33.9. The first-order chi connectivity index (χ1) is 63.5. The summed E-state index contributed by atoms with van der Waals surface area (Å²) in [6.45, 7) is 21.3. The SMILES string of the molecule is C.C.COc1ccc(C)cc1CC(=O)c1ccc(CN2CCC(Cc3ccccc3)CC2)cc1.Cc1cc(C(=O)Nc2ccccc2C(=O)O)ccc1NC(=O)COc1ccc(C(C)C)cc1.Cc1ccc(-c2nnc(Nc3cccc(O)c3)c3ccccc23)cc1S(=O)(=O)NC(C)(C)CO.O=C(Nc1ccccc1)c1ccc(CCCN2CCOCC2)c(S(=O)(=O)N2CCOCC2)c1. The number of carbonyl (C=O) groups is 5. The number of piperidine rings is 1. The third-order valence-corrected chi connectivity index (χ3v) is 26.8. The molecule has 3 fully saturated rings. The van der Waals surface area contributed by atoms with Crippen LogP contribution < -0.4 is 35.5 Å². The number of ketones is 1. The van der Waals surface area contributed by atoms with Gasteiger partial charge in [0.1, 0.15) is 22.9 Å². The Morgan fingerprint density at radius 1 is 0.567 bits per heavy atom. The molecular weight excluding hydrogens is 1730 g/mol. The number of benzene rings is 11. The number of aromatic hydroxyl groups is 1. The van der Waals surface area contributed by atoms with Crippen molar-refractivity contribution in [2.24, 2.45) is 5.92 Å². The van der Waals surface area contributed by atoms with E-state index in [1.807, 2.05) is 116 Å². The third-order valence-electron chi connectivity index (χ3n) is 23.0. The molecule has 28 heteroatoms. The van der Waals surface area contributed by atoms with Gasteiger partial charge in [0, 0.05) is 101 Å². The molecule has 12 aromatic rings. The van der Waals surface area contributed by atoms with E-state index >= 15 is 0 Å². The lowest BCUT2D eigenvalue weighted by molar-refractivity contribution is -0.118. The van der Waals surface area contributed by atoms with Crippen LogP contribution >= 0.6 is 0 Å². The Balaban J connectivity index is 0.000000184. The van der Waals surface area contributed by atoms with Crippen LogP contribution in [0.1, 0.15) is 154 Å². The van der Waals surface area contributed by atoms with E-state index in [9.17, 15) is 56.1 Å². The number of aromatic nitrogens is 2. The molecule has 0 bridgehead atoms. The molecule has 0 radical (unpaired) electrons. The Bertz CT molecular complexity index is 6190. The van der Waals surface area contributed by atoms with Gasteiger partial charge in [0.2, 0.25) is 20.0 Å². The van der Waals surface area contributed by atoms with E-state index in [-0.39, 0.29) is 72.5 Å². The van der Waals surface area contributed by atoms with Crippen LogP contribution in [0.25, 0.3) is 22.0 Å². The summed E-state index contributed by atoms with van der Waals surface area (Å²) in [7, 11) is -5.98. The number of amides is 3. The molecule has 15 rings (SSSR count). The van der Waals surface area contributed by atoms with Crippen LogP contribution in [0, 0.1) is 26.7 Å². The Morgan fingerprint density at radius 3 is 1.86 bits per heavy atom. The second kappa shape index (κ2) is 49.2. The zero-order chi connectivity index (χ0) is 93.9. The quantitative estimate of drug-likeness (QED) is 0.0187. The van der Waals surface area contributed by atoms with Crippen LogP contribution in [-0.2, 0) is 60.1 Å². The average Bonchev–Trinajstić information content (AvgIpc) is 0.763. The summed E-state index contributed by atoms with van der Waals surface area (Å²) >= 11 is 0. The topological polar surface area (TPSA) is 347 Å². The van der Waals surface area contributed by atoms with Gasteiger partial charge in [-0.2, -0.15) is 4.31 Å². The molecule has 0 spiro atoms. The van der Waals surface area contributed by atoms with Gasteiger partial charge >= 0.3 is 5.97 Å². The first kappa shape index (κ1) is 103. The predicted molar refractivity (Wildman–Crippen MR) is 530 cm³/mol. The lowest BCUT2D eigenvalue weighted by Gasteiger charge is -2.32. The number of ether oxygens (including phenoxy) is 4. The normalized spacial score (nSPS) is 13.7. The molecule has 0 atom stereocenters. The maximum Gasteiger partial charge on any atom is 0.337 e. The zero-order valence-corrected chi connectivity index (χ0v) is 77.4. The number of hydrogen-bond donors (Lipinski definition) is 8. The fourth-order valence-corrected chi connectivity index (χ4v) is 19.0. The summed E-state index contributed by atoms with van der Waals surface area (Å²) in [5, 5.41) is 50.3. The van der Waals surface area contributed by atoms with E-state index in [1.54, 1.807) is 120 Å². The highest BCUT2D eigenvalue weighted by molar-refractivity contribution is 7.89. The molecule has 3 amide bonds. The van der Waals surface area contributed by atoms with Crippen molar-refractivity contribution in [2.75, 3.05) is 114 Å². The van der Waals surface area contributed by atoms with Crippen molar-refractivity contribution in [1.82, 2.24) is 29.0 Å². The summed E-state index contributed by atoms with van der Waals surface area (Å²) in [6, 6.07) is 77.1. The number of carbonyl (C=O) groups excluding carboxylic acids is 4. The zero-order valence-electron chi connectivity index (χ0n) is 75.7. The monoisotopic (exact) mass is 1860 g/mol. The van der Waals surface area contributed by atoms with Gasteiger partial charge in [-0.15, -0.1) is 10.2 Å². The number of aryl methyl sites for hydroxylation is 4. The maximum absolute atomic E-state index is 13.5. The Morgan fingerprint density at radius 2 is 1.19 bits per heavy atom. The number of phenols is 1. The van der Waals surface area contributed by atoms with Gasteiger partial charge in [0.05, 0.1) is 66.7 Å². The number of para-hydroxylation sites is 2. The number of aromatic carboxylic acids is 1. The van der Waals surface area contributed by atoms with Crippen LogP contribution in [0.2, 0.25) is 0 Å². The van der Waals surface area contributed by atoms with Crippen LogP contribution in [0.4, 0.5) is 28.6 Å². The van der Waals surface area contributed by atoms with E-state index in [2.05, 4.69) is 102 Å². The summed E-state index contributed by atoms with van der Waals surface area (Å²) in [5.41, 5.74) is 11.6. The van der Waals surface area contributed by atoms with Gasteiger partial charge in [0.15, 0.2) is 18.2 Å². The number of fused-ring (bicyclic) bond motifs is 1. The number of likely N-dealkylation sites (tertiary alicyclic amines) is 1. The Hall–Kier alpha value is -12.9. The smallest absolute Gasteiger partial charge is 0.337 e. The summed E-state index contributed by atoms with van der Waals surface area (Å²) in [5.74, 6) is 1.13. The van der Waals surface area contributed by atoms with Crippen LogP contribution in [0.3, 0.4) is 0 Å². The van der Waals surface area contributed by atoms with Gasteiger partial charge in [-0.1, -0.05) is 192 Å². The molecule has 11 aromatic carbocycles. The number of rotatable bonds is 31. The number of nitrogens with zero attached hydrogens (tertiary/aromatic N) is 5. The van der Waals surface area contributed by atoms with E-state index in [4.69, 9.17) is 18.9 Å². The summed E-state index contributed by atoms with van der Waals surface area (Å²) in [6.07, 6.45) is 5.52. The van der Waals surface area contributed by atoms with Crippen molar-refractivity contribution in [3.8, 4) is 28.5 Å². The number of sulfonamides is 2. The van der Waals surface area contributed by atoms with Crippen LogP contribution in [0.15, 0.2) is 265 Å². The van der Waals surface area contributed by atoms with Crippen molar-refractivity contribution in [3.05, 3.63) is 322 Å². The molecule has 26 nitrogen and oxygen atoms in total. The predicted octanol–water partition coefficient (Wildman–Crippen LogP) is 18.6. The van der Waals surface area contributed by atoms with Gasteiger partial charge in [-0.25, -0.2) is 26.4 Å².